The van der Waals surface area contributed by atoms with Crippen molar-refractivity contribution in [2.45, 2.75) is 40.0 Å². The summed E-state index contributed by atoms with van der Waals surface area (Å²) in [6, 6.07) is 7.15. The van der Waals surface area contributed by atoms with Crippen molar-refractivity contribution in [1.82, 2.24) is 15.0 Å². The van der Waals surface area contributed by atoms with Crippen molar-refractivity contribution in [1.29, 1.82) is 0 Å². The molecule has 0 unspecified atom stereocenters. The molecule has 0 aliphatic carbocycles. The fourth-order valence-electron chi connectivity index (χ4n) is 3.26. The highest BCUT2D eigenvalue weighted by Crippen LogP contribution is 2.29. The van der Waals surface area contributed by atoms with Crippen LogP contribution in [0.1, 0.15) is 38.7 Å². The molecule has 0 saturated carbocycles. The van der Waals surface area contributed by atoms with E-state index in [1.807, 2.05) is 41.9 Å². The maximum absolute atomic E-state index is 14.4. The van der Waals surface area contributed by atoms with Crippen LogP contribution in [0.4, 0.5) is 14.9 Å². The molecule has 29 heavy (non-hydrogen) atoms. The van der Waals surface area contributed by atoms with E-state index in [-0.39, 0.29) is 5.82 Å². The van der Waals surface area contributed by atoms with Gasteiger partial charge in [-0.2, -0.15) is 0 Å². The molecule has 6 nitrogen and oxygen atoms in total. The Balaban J connectivity index is 1.92. The van der Waals surface area contributed by atoms with E-state index in [2.05, 4.69) is 17.2 Å². The third-order valence-electron chi connectivity index (χ3n) is 4.69. The van der Waals surface area contributed by atoms with Crippen LogP contribution < -0.4 is 15.1 Å². The van der Waals surface area contributed by atoms with E-state index >= 15 is 0 Å². The maximum Gasteiger partial charge on any atom is 0.412 e. The zero-order chi connectivity index (χ0) is 20.8. The number of amides is 1. The first-order valence-electron chi connectivity index (χ1n) is 9.99. The number of aromatic nitrogens is 2. The fourth-order valence-corrected chi connectivity index (χ4v) is 3.26. The van der Waals surface area contributed by atoms with Crippen LogP contribution >= 0.6 is 0 Å². The highest BCUT2D eigenvalue weighted by molar-refractivity contribution is 5.86. The van der Waals surface area contributed by atoms with Crippen LogP contribution in [0.2, 0.25) is 0 Å². The highest BCUT2D eigenvalue weighted by atomic mass is 19.1. The summed E-state index contributed by atoms with van der Waals surface area (Å²) in [5, 5.41) is 5.58. The molecule has 1 aromatic carbocycles. The molecule has 7 heteroatoms. The Morgan fingerprint density at radius 1 is 1.28 bits per heavy atom. The Labute approximate surface area is 170 Å². The van der Waals surface area contributed by atoms with Crippen LogP contribution in [-0.2, 0) is 0 Å². The molecule has 2 aromatic heterocycles. The molecule has 0 saturated heterocycles. The third kappa shape index (κ3) is 4.67. The monoisotopic (exact) mass is 398 g/mol. The van der Waals surface area contributed by atoms with Gasteiger partial charge in [0.05, 0.1) is 17.4 Å². The number of ether oxygens (including phenoxy) is 1. The van der Waals surface area contributed by atoms with E-state index in [9.17, 15) is 9.18 Å². The first-order chi connectivity index (χ1) is 14.0. The summed E-state index contributed by atoms with van der Waals surface area (Å²) in [4.78, 5) is 15.8. The minimum atomic E-state index is -0.457. The number of hydrogen-bond donors (Lipinski definition) is 1. The second kappa shape index (κ2) is 9.41. The summed E-state index contributed by atoms with van der Waals surface area (Å²) >= 11 is 0. The molecule has 0 bridgehead atoms. The van der Waals surface area contributed by atoms with Crippen molar-refractivity contribution >= 4 is 22.7 Å². The van der Waals surface area contributed by atoms with Gasteiger partial charge in [0.25, 0.3) is 0 Å². The number of rotatable bonds is 8. The number of pyridine rings is 1. The topological polar surface area (TPSA) is 59.4 Å². The second-order valence-electron chi connectivity index (χ2n) is 6.96. The van der Waals surface area contributed by atoms with Crippen LogP contribution in [0.5, 0.6) is 5.75 Å². The number of nitrogens with zero attached hydrogens (tertiary/aromatic N) is 3. The van der Waals surface area contributed by atoms with Crippen LogP contribution in [0, 0.1) is 12.7 Å². The number of benzene rings is 1. The van der Waals surface area contributed by atoms with Gasteiger partial charge in [0, 0.05) is 30.9 Å². The second-order valence-corrected chi connectivity index (χ2v) is 6.96. The highest BCUT2D eigenvalue weighted by Gasteiger charge is 2.17. The molecule has 0 aliphatic heterocycles. The minimum absolute atomic E-state index is 0.371. The Morgan fingerprint density at radius 2 is 2.10 bits per heavy atom. The van der Waals surface area contributed by atoms with Crippen LogP contribution in [0.15, 0.2) is 42.9 Å². The molecule has 0 fully saturated rings. The zero-order valence-corrected chi connectivity index (χ0v) is 17.1. The predicted octanol–water partition coefficient (Wildman–Crippen LogP) is 5.05. The average molecular weight is 398 g/mol. The van der Waals surface area contributed by atoms with Gasteiger partial charge in [0.1, 0.15) is 5.75 Å². The Morgan fingerprint density at radius 3 is 2.83 bits per heavy atom. The van der Waals surface area contributed by atoms with Gasteiger partial charge in [-0.05, 0) is 49.6 Å². The van der Waals surface area contributed by atoms with Gasteiger partial charge in [-0.3, -0.25) is 14.7 Å². The number of hydrogen-bond acceptors (Lipinski definition) is 4. The number of nitrogens with one attached hydrogen (secondary N) is 1. The van der Waals surface area contributed by atoms with Crippen molar-refractivity contribution in [3.8, 4) is 5.75 Å². The Hall–Kier alpha value is -3.09. The minimum Gasteiger partial charge on any atom is -0.410 e. The van der Waals surface area contributed by atoms with Crippen molar-refractivity contribution in [2.24, 2.45) is 0 Å². The lowest BCUT2D eigenvalue weighted by atomic mass is 10.2. The standard InChI is InChI=1S/C22H27FN4O2/c1-4-6-10-25-22(28)29-17-7-8-20-18(13-17)16(3)15-27(20)26(12-5-2)21-9-11-24-14-19(21)23/h7-9,11,13-15H,4-6,10,12H2,1-3H3,(H,25,28). The first-order valence-corrected chi connectivity index (χ1v) is 9.99. The number of unbranched alkanes of at least 4 members (excludes halogenated alkanes) is 1. The lowest BCUT2D eigenvalue weighted by Gasteiger charge is -2.26. The summed E-state index contributed by atoms with van der Waals surface area (Å²) < 4.78 is 21.8. The number of carbonyl (C=O) groups excluding carboxylic acids is 1. The number of carbonyl (C=O) groups is 1. The van der Waals surface area contributed by atoms with E-state index in [0.717, 1.165) is 35.7 Å². The number of fused-ring (bicyclic) bond motifs is 1. The molecule has 3 rings (SSSR count). The molecular formula is C22H27FN4O2. The molecule has 0 aliphatic rings. The predicted molar refractivity (Wildman–Crippen MR) is 113 cm³/mol. The molecule has 154 valence electrons. The molecule has 1 N–H and O–H groups in total. The summed E-state index contributed by atoms with van der Waals surface area (Å²) in [6.45, 7) is 7.33. The van der Waals surface area contributed by atoms with Gasteiger partial charge in [0.15, 0.2) is 5.82 Å². The SMILES string of the molecule is CCCCNC(=O)Oc1ccc2c(c1)c(C)cn2N(CCC)c1ccncc1F. The molecule has 2 heterocycles. The van der Waals surface area contributed by atoms with E-state index in [1.54, 1.807) is 18.3 Å². The maximum atomic E-state index is 14.4. The summed E-state index contributed by atoms with van der Waals surface area (Å²) in [5.74, 6) is 0.105. The van der Waals surface area contributed by atoms with E-state index in [1.165, 1.54) is 6.20 Å². The number of anilines is 1. The van der Waals surface area contributed by atoms with E-state index in [0.29, 0.717) is 24.5 Å². The van der Waals surface area contributed by atoms with Gasteiger partial charge in [-0.25, -0.2) is 9.18 Å². The molecule has 0 spiro atoms. The molecule has 0 atom stereocenters. The Kier molecular flexibility index (Phi) is 6.69. The molecule has 3 aromatic rings. The van der Waals surface area contributed by atoms with Gasteiger partial charge >= 0.3 is 6.09 Å². The van der Waals surface area contributed by atoms with Crippen molar-refractivity contribution < 1.29 is 13.9 Å². The third-order valence-corrected chi connectivity index (χ3v) is 4.69. The first kappa shape index (κ1) is 20.6. The molecule has 0 radical (unpaired) electrons. The number of aryl methyl sites for hydroxylation is 1. The lowest BCUT2D eigenvalue weighted by Crippen LogP contribution is -2.30. The van der Waals surface area contributed by atoms with Crippen LogP contribution in [-0.4, -0.2) is 28.8 Å². The molecular weight excluding hydrogens is 371 g/mol. The normalized spacial score (nSPS) is 10.9. The lowest BCUT2D eigenvalue weighted by molar-refractivity contribution is 0.200. The van der Waals surface area contributed by atoms with Gasteiger partial charge < -0.3 is 10.1 Å². The number of halogens is 1. The van der Waals surface area contributed by atoms with Crippen LogP contribution in [0.25, 0.3) is 10.9 Å². The van der Waals surface area contributed by atoms with Gasteiger partial charge in [-0.1, -0.05) is 20.3 Å². The van der Waals surface area contributed by atoms with Crippen molar-refractivity contribution in [3.63, 3.8) is 0 Å². The van der Waals surface area contributed by atoms with Crippen molar-refractivity contribution in [2.75, 3.05) is 18.1 Å². The quantitative estimate of drug-likeness (QED) is 0.539. The van der Waals surface area contributed by atoms with E-state index < -0.39 is 6.09 Å². The summed E-state index contributed by atoms with van der Waals surface area (Å²) in [5.41, 5.74) is 2.38. The summed E-state index contributed by atoms with van der Waals surface area (Å²) in [6.07, 6.45) is 7.08. The fraction of sp³-hybridized carbons (Fsp3) is 0.364. The largest absolute Gasteiger partial charge is 0.412 e. The van der Waals surface area contributed by atoms with E-state index in [4.69, 9.17) is 4.74 Å². The van der Waals surface area contributed by atoms with Gasteiger partial charge in [-0.15, -0.1) is 0 Å². The smallest absolute Gasteiger partial charge is 0.410 e. The average Bonchev–Trinajstić information content (AvgIpc) is 3.03. The van der Waals surface area contributed by atoms with Crippen LogP contribution in [0.3, 0.4) is 0 Å². The molecule has 1 amide bonds. The van der Waals surface area contributed by atoms with Crippen molar-refractivity contribution in [3.05, 3.63) is 54.2 Å². The summed E-state index contributed by atoms with van der Waals surface area (Å²) in [7, 11) is 0. The zero-order valence-electron chi connectivity index (χ0n) is 17.1. The van der Waals surface area contributed by atoms with Gasteiger partial charge in [0.2, 0.25) is 0 Å². The Bertz CT molecular complexity index is 986.